The Bertz CT molecular complexity index is 794. The van der Waals surface area contributed by atoms with Crippen LogP contribution in [0.5, 0.6) is 0 Å². The maximum Gasteiger partial charge on any atom is 0.145 e. The summed E-state index contributed by atoms with van der Waals surface area (Å²) in [6.07, 6.45) is 11.2. The second-order valence-electron chi connectivity index (χ2n) is 8.88. The van der Waals surface area contributed by atoms with E-state index in [9.17, 15) is 4.79 Å². The number of piperazine rings is 1. The minimum atomic E-state index is 0.528. The quantitative estimate of drug-likeness (QED) is 0.228. The van der Waals surface area contributed by atoms with Gasteiger partial charge in [-0.2, -0.15) is 0 Å². The van der Waals surface area contributed by atoms with Crippen molar-refractivity contribution in [2.45, 2.75) is 44.3 Å². The Labute approximate surface area is 222 Å². The molecule has 2 N–H and O–H groups in total. The molecule has 2 aliphatic heterocycles. The number of hydrogen-bond donors (Lipinski definition) is 2. The van der Waals surface area contributed by atoms with Crippen molar-refractivity contribution >= 4 is 23.9 Å². The maximum absolute atomic E-state index is 10.9. The highest BCUT2D eigenvalue weighted by molar-refractivity contribution is 7.97. The molecule has 1 aromatic rings. The summed E-state index contributed by atoms with van der Waals surface area (Å²) in [6.45, 7) is 12.1. The SMILES string of the molecule is CC.CNO.COCCN1CCN(c2ccc(C3C=CC(SN4CC=C(C=O)CC4)CC3)cc2)CC1. The first kappa shape index (κ1) is 30.5. The second kappa shape index (κ2) is 17.7. The number of rotatable bonds is 8. The molecule has 3 aliphatic rings. The highest BCUT2D eigenvalue weighted by Crippen LogP contribution is 2.35. The topological polar surface area (TPSA) is 68.3 Å². The minimum Gasteiger partial charge on any atom is -0.383 e. The number of carbonyl (C=O) groups excluding carboxylic acids is 1. The van der Waals surface area contributed by atoms with Crippen molar-refractivity contribution in [2.75, 3.05) is 71.5 Å². The van der Waals surface area contributed by atoms with Gasteiger partial charge in [-0.05, 0) is 42.5 Å². The molecular formula is C28H46N4O3S. The summed E-state index contributed by atoms with van der Waals surface area (Å²) in [5.74, 6) is 0.528. The molecule has 2 unspecified atom stereocenters. The van der Waals surface area contributed by atoms with E-state index in [4.69, 9.17) is 9.94 Å². The van der Waals surface area contributed by atoms with Crippen molar-refractivity contribution in [3.63, 3.8) is 0 Å². The monoisotopic (exact) mass is 518 g/mol. The van der Waals surface area contributed by atoms with E-state index in [0.717, 1.165) is 70.7 Å². The minimum absolute atomic E-state index is 0.528. The number of methoxy groups -OCH3 is 1. The summed E-state index contributed by atoms with van der Waals surface area (Å²) < 4.78 is 7.60. The Kier molecular flexibility index (Phi) is 15.0. The van der Waals surface area contributed by atoms with Gasteiger partial charge in [0.25, 0.3) is 0 Å². The molecule has 2 heterocycles. The van der Waals surface area contributed by atoms with Gasteiger partial charge in [-0.3, -0.25) is 9.69 Å². The summed E-state index contributed by atoms with van der Waals surface area (Å²) in [5.41, 5.74) is 5.47. The van der Waals surface area contributed by atoms with Gasteiger partial charge in [-0.15, -0.1) is 0 Å². The third-order valence-electron chi connectivity index (χ3n) is 6.63. The van der Waals surface area contributed by atoms with E-state index in [0.29, 0.717) is 11.2 Å². The van der Waals surface area contributed by atoms with E-state index >= 15 is 0 Å². The smallest absolute Gasteiger partial charge is 0.145 e. The molecule has 0 bridgehead atoms. The molecule has 7 nitrogen and oxygen atoms in total. The predicted molar refractivity (Wildman–Crippen MR) is 152 cm³/mol. The van der Waals surface area contributed by atoms with Crippen molar-refractivity contribution in [1.29, 1.82) is 0 Å². The van der Waals surface area contributed by atoms with Crippen LogP contribution in [0.15, 0.2) is 48.1 Å². The van der Waals surface area contributed by atoms with Gasteiger partial charge >= 0.3 is 0 Å². The largest absolute Gasteiger partial charge is 0.383 e. The number of benzene rings is 1. The molecule has 0 spiro atoms. The predicted octanol–water partition coefficient (Wildman–Crippen LogP) is 4.36. The molecule has 202 valence electrons. The Morgan fingerprint density at radius 3 is 2.31 bits per heavy atom. The molecule has 1 saturated heterocycles. The van der Waals surface area contributed by atoms with Crippen molar-refractivity contribution < 1.29 is 14.7 Å². The average molecular weight is 519 g/mol. The lowest BCUT2D eigenvalue weighted by Crippen LogP contribution is -2.47. The molecule has 1 aromatic carbocycles. The van der Waals surface area contributed by atoms with Crippen molar-refractivity contribution in [1.82, 2.24) is 14.7 Å². The first-order valence-corrected chi connectivity index (χ1v) is 14.1. The summed E-state index contributed by atoms with van der Waals surface area (Å²) >= 11 is 1.94. The van der Waals surface area contributed by atoms with E-state index in [-0.39, 0.29) is 0 Å². The normalized spacial score (nSPS) is 22.6. The summed E-state index contributed by atoms with van der Waals surface area (Å²) in [4.78, 5) is 15.9. The molecule has 0 amide bonds. The first-order chi connectivity index (χ1) is 17.7. The van der Waals surface area contributed by atoms with Crippen LogP contribution in [0.3, 0.4) is 0 Å². The molecule has 0 saturated carbocycles. The number of aldehydes is 1. The van der Waals surface area contributed by atoms with Crippen LogP contribution >= 0.6 is 11.9 Å². The molecule has 8 heteroatoms. The fourth-order valence-corrected chi connectivity index (χ4v) is 5.75. The van der Waals surface area contributed by atoms with Crippen molar-refractivity contribution in [3.8, 4) is 0 Å². The number of hydrogen-bond acceptors (Lipinski definition) is 8. The Balaban J connectivity index is 0.000000850. The van der Waals surface area contributed by atoms with E-state index in [1.165, 1.54) is 31.1 Å². The van der Waals surface area contributed by atoms with Crippen LogP contribution in [0.25, 0.3) is 0 Å². The van der Waals surface area contributed by atoms with E-state index in [1.54, 1.807) is 12.6 Å². The molecule has 4 rings (SSSR count). The lowest BCUT2D eigenvalue weighted by Gasteiger charge is -2.36. The standard InChI is InChI=1S/C25H35N3O2S.C2H6.CH5NO/c1-30-19-18-26-14-16-27(17-15-26)24-6-2-22(3-7-24)23-4-8-25(9-5-23)31-28-12-10-21(20-29)11-13-28;1-2;1-2-3/h2-4,6-8,10,20,23,25H,5,9,11-19H2,1H3;1-2H3;2-3H,1H3. The van der Waals surface area contributed by atoms with Gasteiger partial charge < -0.3 is 14.8 Å². The van der Waals surface area contributed by atoms with Gasteiger partial charge in [0.05, 0.1) is 6.61 Å². The van der Waals surface area contributed by atoms with Gasteiger partial charge in [0.15, 0.2) is 0 Å². The Hall–Kier alpha value is -1.68. The van der Waals surface area contributed by atoms with Crippen LogP contribution in [0.1, 0.15) is 44.6 Å². The van der Waals surface area contributed by atoms with E-state index in [2.05, 4.69) is 56.6 Å². The maximum atomic E-state index is 10.9. The fraction of sp³-hybridized carbons (Fsp3) is 0.607. The van der Waals surface area contributed by atoms with Crippen molar-refractivity contribution in [2.24, 2.45) is 0 Å². The highest BCUT2D eigenvalue weighted by Gasteiger charge is 2.22. The fourth-order valence-electron chi connectivity index (χ4n) is 4.60. The number of ether oxygens (including phenoxy) is 1. The van der Waals surface area contributed by atoms with E-state index in [1.807, 2.05) is 25.8 Å². The number of hydroxylamine groups is 1. The lowest BCUT2D eigenvalue weighted by molar-refractivity contribution is -0.105. The summed E-state index contributed by atoms with van der Waals surface area (Å²) in [7, 11) is 3.20. The second-order valence-corrected chi connectivity index (χ2v) is 10.2. The molecular weight excluding hydrogens is 472 g/mol. The number of anilines is 1. The molecule has 36 heavy (non-hydrogen) atoms. The molecule has 1 fully saturated rings. The van der Waals surface area contributed by atoms with Gasteiger partial charge in [0, 0.05) is 76.8 Å². The number of nitrogens with zero attached hydrogens (tertiary/aromatic N) is 3. The summed E-state index contributed by atoms with van der Waals surface area (Å²) in [5, 5.41) is 7.87. The molecule has 1 aliphatic carbocycles. The van der Waals surface area contributed by atoms with Gasteiger partial charge in [-0.25, -0.2) is 9.79 Å². The number of allylic oxidation sites excluding steroid dienone is 1. The van der Waals surface area contributed by atoms with Crippen LogP contribution in [-0.2, 0) is 9.53 Å². The lowest BCUT2D eigenvalue weighted by atomic mass is 9.89. The zero-order valence-electron chi connectivity index (χ0n) is 22.6. The van der Waals surface area contributed by atoms with Crippen LogP contribution < -0.4 is 10.4 Å². The third kappa shape index (κ3) is 10.00. The van der Waals surface area contributed by atoms with Crippen LogP contribution in [0.4, 0.5) is 5.69 Å². The van der Waals surface area contributed by atoms with Crippen LogP contribution in [-0.4, -0.2) is 92.5 Å². The zero-order valence-corrected chi connectivity index (χ0v) is 23.4. The van der Waals surface area contributed by atoms with Crippen LogP contribution in [0.2, 0.25) is 0 Å². The molecule has 0 aromatic heterocycles. The third-order valence-corrected chi connectivity index (χ3v) is 7.93. The van der Waals surface area contributed by atoms with Gasteiger partial charge in [-0.1, -0.05) is 56.2 Å². The number of carbonyl (C=O) groups is 1. The van der Waals surface area contributed by atoms with E-state index < -0.39 is 0 Å². The Morgan fingerprint density at radius 2 is 1.78 bits per heavy atom. The highest BCUT2D eigenvalue weighted by atomic mass is 32.2. The average Bonchev–Trinajstić information content (AvgIpc) is 2.95. The summed E-state index contributed by atoms with van der Waals surface area (Å²) in [6, 6.07) is 9.26. The number of nitrogens with one attached hydrogen (secondary N) is 1. The van der Waals surface area contributed by atoms with Gasteiger partial charge in [0.1, 0.15) is 6.29 Å². The van der Waals surface area contributed by atoms with Crippen LogP contribution in [0, 0.1) is 0 Å². The molecule has 2 atom stereocenters. The van der Waals surface area contributed by atoms with Crippen molar-refractivity contribution in [3.05, 3.63) is 53.6 Å². The first-order valence-electron chi connectivity index (χ1n) is 13.3. The zero-order chi connectivity index (χ0) is 26.2. The van der Waals surface area contributed by atoms with Gasteiger partial charge in [0.2, 0.25) is 0 Å². The Morgan fingerprint density at radius 1 is 1.08 bits per heavy atom. The molecule has 0 radical (unpaired) electrons.